The van der Waals surface area contributed by atoms with Crippen molar-refractivity contribution in [2.24, 2.45) is 0 Å². The van der Waals surface area contributed by atoms with E-state index in [9.17, 15) is 4.79 Å². The summed E-state index contributed by atoms with van der Waals surface area (Å²) in [5.41, 5.74) is 0.744. The topological polar surface area (TPSA) is 32.3 Å². The summed E-state index contributed by atoms with van der Waals surface area (Å²) in [6, 6.07) is 10.3. The van der Waals surface area contributed by atoms with Crippen LogP contribution < -0.4 is 5.32 Å². The maximum Gasteiger partial charge on any atom is 0.245 e. The monoisotopic (exact) mass is 258 g/mol. The first-order valence-electron chi connectivity index (χ1n) is 7.43. The Morgan fingerprint density at radius 1 is 1.00 bits per heavy atom. The van der Waals surface area contributed by atoms with E-state index in [1.807, 2.05) is 18.2 Å². The van der Waals surface area contributed by atoms with Crippen molar-refractivity contribution >= 4 is 5.91 Å². The average molecular weight is 258 g/mol. The highest BCUT2D eigenvalue weighted by Crippen LogP contribution is 2.37. The number of amides is 1. The van der Waals surface area contributed by atoms with Gasteiger partial charge in [-0.15, -0.1) is 0 Å². The number of nitrogens with zero attached hydrogens (tertiary/aromatic N) is 1. The van der Waals surface area contributed by atoms with Gasteiger partial charge in [0.2, 0.25) is 5.91 Å². The van der Waals surface area contributed by atoms with Gasteiger partial charge < -0.3 is 5.32 Å². The summed E-state index contributed by atoms with van der Waals surface area (Å²) >= 11 is 0. The Labute approximate surface area is 115 Å². The third-order valence-corrected chi connectivity index (χ3v) is 4.52. The largest absolute Gasteiger partial charge is 0.354 e. The maximum atomic E-state index is 12.7. The minimum absolute atomic E-state index is 0.201. The van der Waals surface area contributed by atoms with Gasteiger partial charge >= 0.3 is 0 Å². The van der Waals surface area contributed by atoms with E-state index >= 15 is 0 Å². The molecule has 1 unspecified atom stereocenters. The Kier molecular flexibility index (Phi) is 3.56. The van der Waals surface area contributed by atoms with E-state index in [-0.39, 0.29) is 5.91 Å². The Morgan fingerprint density at radius 3 is 2.42 bits per heavy atom. The summed E-state index contributed by atoms with van der Waals surface area (Å²) in [4.78, 5) is 15.1. The van der Waals surface area contributed by atoms with Gasteiger partial charge in [-0.2, -0.15) is 0 Å². The van der Waals surface area contributed by atoms with Crippen molar-refractivity contribution in [1.82, 2.24) is 10.2 Å². The molecule has 2 aliphatic heterocycles. The molecule has 0 radical (unpaired) electrons. The van der Waals surface area contributed by atoms with Crippen LogP contribution >= 0.6 is 0 Å². The molecule has 2 saturated heterocycles. The molecule has 1 atom stereocenters. The molecule has 3 rings (SSSR count). The van der Waals surface area contributed by atoms with Crippen LogP contribution in [0.3, 0.4) is 0 Å². The van der Waals surface area contributed by atoms with Crippen LogP contribution in [0, 0.1) is 0 Å². The standard InChI is InChI=1S/C16H22N2O/c19-15-16(10-7-11-17-15,14-8-3-1-4-9-14)18-12-5-2-6-13-18/h1,3-4,8-9H,2,5-7,10-13H2,(H,17,19). The van der Waals surface area contributed by atoms with Gasteiger partial charge in [0.05, 0.1) is 0 Å². The Morgan fingerprint density at radius 2 is 1.74 bits per heavy atom. The summed E-state index contributed by atoms with van der Waals surface area (Å²) in [5.74, 6) is 0.201. The van der Waals surface area contributed by atoms with Gasteiger partial charge in [-0.3, -0.25) is 9.69 Å². The molecule has 2 fully saturated rings. The van der Waals surface area contributed by atoms with Gasteiger partial charge in [0.25, 0.3) is 0 Å². The van der Waals surface area contributed by atoms with Crippen LogP contribution in [0.5, 0.6) is 0 Å². The summed E-state index contributed by atoms with van der Waals surface area (Å²) in [6.07, 6.45) is 5.73. The summed E-state index contributed by atoms with van der Waals surface area (Å²) < 4.78 is 0. The molecule has 2 heterocycles. The first-order chi connectivity index (χ1) is 9.34. The molecular weight excluding hydrogens is 236 g/mol. The lowest BCUT2D eigenvalue weighted by Crippen LogP contribution is -2.60. The molecule has 1 aromatic rings. The molecule has 102 valence electrons. The fraction of sp³-hybridized carbons (Fsp3) is 0.562. The van der Waals surface area contributed by atoms with Crippen LogP contribution in [0.1, 0.15) is 37.7 Å². The fourth-order valence-electron chi connectivity index (χ4n) is 3.56. The van der Waals surface area contributed by atoms with E-state index in [1.54, 1.807) is 0 Å². The second-order valence-corrected chi connectivity index (χ2v) is 5.63. The van der Waals surface area contributed by atoms with Gasteiger partial charge in [0.15, 0.2) is 0 Å². The second kappa shape index (κ2) is 5.33. The minimum atomic E-state index is -0.417. The van der Waals surface area contributed by atoms with Crippen molar-refractivity contribution < 1.29 is 4.79 Å². The molecule has 19 heavy (non-hydrogen) atoms. The molecular formula is C16H22N2O. The predicted octanol–water partition coefficient (Wildman–Crippen LogP) is 2.28. The number of carbonyl (C=O) groups excluding carboxylic acids is 1. The van der Waals surface area contributed by atoms with Crippen molar-refractivity contribution in [2.75, 3.05) is 19.6 Å². The van der Waals surface area contributed by atoms with Crippen LogP contribution in [0.15, 0.2) is 30.3 Å². The zero-order valence-corrected chi connectivity index (χ0v) is 11.4. The van der Waals surface area contributed by atoms with Gasteiger partial charge in [-0.05, 0) is 44.3 Å². The lowest BCUT2D eigenvalue weighted by atomic mass is 9.79. The van der Waals surface area contributed by atoms with Gasteiger partial charge in [0.1, 0.15) is 5.54 Å². The predicted molar refractivity (Wildman–Crippen MR) is 75.8 cm³/mol. The summed E-state index contributed by atoms with van der Waals surface area (Å²) in [5, 5.41) is 3.09. The third-order valence-electron chi connectivity index (χ3n) is 4.52. The van der Waals surface area contributed by atoms with Gasteiger partial charge in [0, 0.05) is 6.54 Å². The van der Waals surface area contributed by atoms with Crippen molar-refractivity contribution in [3.8, 4) is 0 Å². The Hall–Kier alpha value is -1.35. The molecule has 0 saturated carbocycles. The Bertz CT molecular complexity index is 439. The number of likely N-dealkylation sites (tertiary alicyclic amines) is 1. The third kappa shape index (κ3) is 2.16. The lowest BCUT2D eigenvalue weighted by molar-refractivity contribution is -0.138. The van der Waals surface area contributed by atoms with E-state index in [0.29, 0.717) is 0 Å². The average Bonchev–Trinajstić information content (AvgIpc) is 2.50. The highest BCUT2D eigenvalue weighted by Gasteiger charge is 2.46. The molecule has 1 aromatic carbocycles. The Balaban J connectivity index is 2.01. The van der Waals surface area contributed by atoms with Gasteiger partial charge in [-0.1, -0.05) is 36.8 Å². The van der Waals surface area contributed by atoms with Gasteiger partial charge in [-0.25, -0.2) is 0 Å². The van der Waals surface area contributed by atoms with E-state index in [2.05, 4.69) is 22.3 Å². The number of carbonyl (C=O) groups is 1. The van der Waals surface area contributed by atoms with E-state index < -0.39 is 5.54 Å². The van der Waals surface area contributed by atoms with E-state index in [0.717, 1.165) is 38.0 Å². The molecule has 1 amide bonds. The molecule has 3 heteroatoms. The molecule has 0 bridgehead atoms. The molecule has 0 aliphatic carbocycles. The van der Waals surface area contributed by atoms with Crippen LogP contribution in [0.2, 0.25) is 0 Å². The smallest absolute Gasteiger partial charge is 0.245 e. The number of piperidine rings is 2. The number of rotatable bonds is 2. The summed E-state index contributed by atoms with van der Waals surface area (Å²) in [6.45, 7) is 2.91. The first kappa shape index (κ1) is 12.7. The maximum absolute atomic E-state index is 12.7. The molecule has 2 aliphatic rings. The lowest BCUT2D eigenvalue weighted by Gasteiger charge is -2.47. The van der Waals surface area contributed by atoms with Crippen LogP contribution in [-0.2, 0) is 10.3 Å². The van der Waals surface area contributed by atoms with Crippen LogP contribution in [-0.4, -0.2) is 30.4 Å². The van der Waals surface area contributed by atoms with Crippen molar-refractivity contribution in [3.63, 3.8) is 0 Å². The quantitative estimate of drug-likeness (QED) is 0.882. The minimum Gasteiger partial charge on any atom is -0.354 e. The summed E-state index contributed by atoms with van der Waals surface area (Å²) in [7, 11) is 0. The van der Waals surface area contributed by atoms with E-state index in [1.165, 1.54) is 19.3 Å². The molecule has 0 aromatic heterocycles. The van der Waals surface area contributed by atoms with E-state index in [4.69, 9.17) is 0 Å². The number of hydrogen-bond acceptors (Lipinski definition) is 2. The fourth-order valence-corrected chi connectivity index (χ4v) is 3.56. The first-order valence-corrected chi connectivity index (χ1v) is 7.43. The zero-order valence-electron chi connectivity index (χ0n) is 11.4. The molecule has 0 spiro atoms. The van der Waals surface area contributed by atoms with Crippen molar-refractivity contribution in [2.45, 2.75) is 37.6 Å². The zero-order chi connectivity index (χ0) is 13.1. The normalized spacial score (nSPS) is 28.9. The van der Waals surface area contributed by atoms with Crippen molar-refractivity contribution in [1.29, 1.82) is 0 Å². The van der Waals surface area contributed by atoms with Crippen LogP contribution in [0.25, 0.3) is 0 Å². The highest BCUT2D eigenvalue weighted by molar-refractivity contribution is 5.88. The molecule has 3 nitrogen and oxygen atoms in total. The molecule has 1 N–H and O–H groups in total. The second-order valence-electron chi connectivity index (χ2n) is 5.63. The highest BCUT2D eigenvalue weighted by atomic mass is 16.2. The SMILES string of the molecule is O=C1NCCCC1(c1ccccc1)N1CCCCC1. The number of benzene rings is 1. The van der Waals surface area contributed by atoms with Crippen molar-refractivity contribution in [3.05, 3.63) is 35.9 Å². The number of nitrogens with one attached hydrogen (secondary N) is 1. The number of hydrogen-bond donors (Lipinski definition) is 1. The van der Waals surface area contributed by atoms with Crippen LogP contribution in [0.4, 0.5) is 0 Å².